The molecule has 0 amide bonds. The standard InChI is InChI=1S/C14H23NO3/c16-14(17)13-7-11-3-1-2-4-12(11)15(13)8-10-5-6-18-9-10/h10-13H,1-9H2,(H,16,17)/t10-,11+,12+,13+/m1/s1. The minimum Gasteiger partial charge on any atom is -0.480 e. The van der Waals surface area contributed by atoms with Crippen LogP contribution >= 0.6 is 0 Å². The first-order valence-corrected chi connectivity index (χ1v) is 7.32. The fraction of sp³-hybridized carbons (Fsp3) is 0.929. The molecule has 4 atom stereocenters. The second-order valence-electron chi connectivity index (χ2n) is 6.13. The van der Waals surface area contributed by atoms with E-state index in [4.69, 9.17) is 4.74 Å². The van der Waals surface area contributed by atoms with Crippen molar-refractivity contribution in [2.75, 3.05) is 19.8 Å². The molecule has 0 aromatic rings. The first-order valence-electron chi connectivity index (χ1n) is 7.32. The molecule has 0 bridgehead atoms. The van der Waals surface area contributed by atoms with E-state index in [2.05, 4.69) is 4.90 Å². The summed E-state index contributed by atoms with van der Waals surface area (Å²) in [4.78, 5) is 13.8. The van der Waals surface area contributed by atoms with Crippen molar-refractivity contribution in [2.24, 2.45) is 11.8 Å². The first kappa shape index (κ1) is 12.4. The van der Waals surface area contributed by atoms with E-state index in [0.717, 1.165) is 32.6 Å². The second-order valence-corrected chi connectivity index (χ2v) is 6.13. The van der Waals surface area contributed by atoms with Crippen molar-refractivity contribution in [2.45, 2.75) is 50.6 Å². The number of likely N-dealkylation sites (tertiary alicyclic amines) is 1. The van der Waals surface area contributed by atoms with Gasteiger partial charge in [-0.1, -0.05) is 12.8 Å². The summed E-state index contributed by atoms with van der Waals surface area (Å²) in [7, 11) is 0. The molecule has 4 nitrogen and oxygen atoms in total. The molecule has 18 heavy (non-hydrogen) atoms. The van der Waals surface area contributed by atoms with E-state index in [0.29, 0.717) is 17.9 Å². The Bertz CT molecular complexity index is 314. The van der Waals surface area contributed by atoms with Crippen molar-refractivity contribution >= 4 is 5.97 Å². The zero-order valence-electron chi connectivity index (χ0n) is 10.9. The van der Waals surface area contributed by atoms with Crippen LogP contribution in [0.5, 0.6) is 0 Å². The molecule has 0 spiro atoms. The van der Waals surface area contributed by atoms with Gasteiger partial charge in [0.15, 0.2) is 0 Å². The number of carboxylic acid groups (broad SMARTS) is 1. The SMILES string of the molecule is O=C(O)[C@@H]1C[C@@H]2CCCC[C@@H]2N1C[C@H]1CCOC1. The van der Waals surface area contributed by atoms with Gasteiger partial charge in [0.25, 0.3) is 0 Å². The van der Waals surface area contributed by atoms with Gasteiger partial charge in [0.05, 0.1) is 6.61 Å². The molecule has 2 saturated heterocycles. The largest absolute Gasteiger partial charge is 0.480 e. The lowest BCUT2D eigenvalue weighted by atomic mass is 9.84. The zero-order chi connectivity index (χ0) is 12.5. The number of nitrogens with zero attached hydrogens (tertiary/aromatic N) is 1. The van der Waals surface area contributed by atoms with Crippen molar-refractivity contribution in [3.05, 3.63) is 0 Å². The molecule has 0 unspecified atom stereocenters. The van der Waals surface area contributed by atoms with Crippen LogP contribution in [0.15, 0.2) is 0 Å². The number of hydrogen-bond acceptors (Lipinski definition) is 3. The molecule has 2 heterocycles. The number of rotatable bonds is 3. The fourth-order valence-corrected chi connectivity index (χ4v) is 4.08. The molecule has 1 saturated carbocycles. The van der Waals surface area contributed by atoms with Crippen molar-refractivity contribution < 1.29 is 14.6 Å². The van der Waals surface area contributed by atoms with Crippen LogP contribution in [0.3, 0.4) is 0 Å². The highest BCUT2D eigenvalue weighted by Gasteiger charge is 2.45. The van der Waals surface area contributed by atoms with E-state index in [1.54, 1.807) is 0 Å². The van der Waals surface area contributed by atoms with Crippen LogP contribution in [0, 0.1) is 11.8 Å². The molecule has 1 N–H and O–H groups in total. The number of fused-ring (bicyclic) bond motifs is 1. The lowest BCUT2D eigenvalue weighted by Crippen LogP contribution is -2.44. The van der Waals surface area contributed by atoms with Gasteiger partial charge >= 0.3 is 5.97 Å². The summed E-state index contributed by atoms with van der Waals surface area (Å²) in [5, 5.41) is 9.43. The molecule has 102 valence electrons. The van der Waals surface area contributed by atoms with Crippen molar-refractivity contribution in [1.82, 2.24) is 4.90 Å². The highest BCUT2D eigenvalue weighted by molar-refractivity contribution is 5.74. The summed E-state index contributed by atoms with van der Waals surface area (Å²) in [6, 6.07) is 0.291. The van der Waals surface area contributed by atoms with E-state index >= 15 is 0 Å². The maximum absolute atomic E-state index is 11.5. The maximum atomic E-state index is 11.5. The second kappa shape index (κ2) is 5.17. The Balaban J connectivity index is 1.71. The summed E-state index contributed by atoms with van der Waals surface area (Å²) in [5.41, 5.74) is 0. The van der Waals surface area contributed by atoms with Gasteiger partial charge in [0.1, 0.15) is 6.04 Å². The number of hydrogen-bond donors (Lipinski definition) is 1. The Morgan fingerprint density at radius 3 is 2.83 bits per heavy atom. The van der Waals surface area contributed by atoms with E-state index in [1.807, 2.05) is 0 Å². The average Bonchev–Trinajstić information content (AvgIpc) is 2.98. The third-order valence-corrected chi connectivity index (χ3v) is 5.00. The van der Waals surface area contributed by atoms with E-state index in [1.165, 1.54) is 25.7 Å². The van der Waals surface area contributed by atoms with E-state index < -0.39 is 5.97 Å². The highest BCUT2D eigenvalue weighted by atomic mass is 16.5. The number of ether oxygens (including phenoxy) is 1. The molecule has 0 aromatic carbocycles. The van der Waals surface area contributed by atoms with E-state index in [9.17, 15) is 9.90 Å². The molecule has 0 aromatic heterocycles. The van der Waals surface area contributed by atoms with Gasteiger partial charge in [-0.25, -0.2) is 0 Å². The fourth-order valence-electron chi connectivity index (χ4n) is 4.08. The summed E-state index contributed by atoms with van der Waals surface area (Å²) < 4.78 is 5.43. The molecule has 4 heteroatoms. The van der Waals surface area contributed by atoms with Crippen LogP contribution in [-0.2, 0) is 9.53 Å². The topological polar surface area (TPSA) is 49.8 Å². The number of carbonyl (C=O) groups is 1. The maximum Gasteiger partial charge on any atom is 0.320 e. The summed E-state index contributed by atoms with van der Waals surface area (Å²) >= 11 is 0. The van der Waals surface area contributed by atoms with Crippen molar-refractivity contribution in [3.63, 3.8) is 0 Å². The van der Waals surface area contributed by atoms with Gasteiger partial charge in [0, 0.05) is 19.2 Å². The highest BCUT2D eigenvalue weighted by Crippen LogP contribution is 2.40. The first-order chi connectivity index (χ1) is 8.75. The van der Waals surface area contributed by atoms with Crippen LogP contribution < -0.4 is 0 Å². The Kier molecular flexibility index (Phi) is 3.57. The zero-order valence-corrected chi connectivity index (χ0v) is 10.9. The Morgan fingerprint density at radius 2 is 2.11 bits per heavy atom. The van der Waals surface area contributed by atoms with Crippen LogP contribution in [0.1, 0.15) is 38.5 Å². The van der Waals surface area contributed by atoms with E-state index in [-0.39, 0.29) is 6.04 Å². The number of carboxylic acids is 1. The van der Waals surface area contributed by atoms with Crippen LogP contribution in [0.4, 0.5) is 0 Å². The van der Waals surface area contributed by atoms with Gasteiger partial charge in [-0.3, -0.25) is 9.69 Å². The van der Waals surface area contributed by atoms with Gasteiger partial charge in [-0.15, -0.1) is 0 Å². The molecule has 3 fully saturated rings. The Labute approximate surface area is 108 Å². The van der Waals surface area contributed by atoms with Crippen LogP contribution in [0.2, 0.25) is 0 Å². The Hall–Kier alpha value is -0.610. The third kappa shape index (κ3) is 2.28. The quantitative estimate of drug-likeness (QED) is 0.832. The van der Waals surface area contributed by atoms with Crippen molar-refractivity contribution in [3.8, 4) is 0 Å². The minimum atomic E-state index is -0.622. The molecule has 3 aliphatic rings. The summed E-state index contributed by atoms with van der Waals surface area (Å²) in [6.07, 6.45) is 6.95. The monoisotopic (exact) mass is 253 g/mol. The average molecular weight is 253 g/mol. The Morgan fingerprint density at radius 1 is 1.28 bits per heavy atom. The molecule has 3 rings (SSSR count). The van der Waals surface area contributed by atoms with Gasteiger partial charge in [-0.2, -0.15) is 0 Å². The molecule has 2 aliphatic heterocycles. The lowest BCUT2D eigenvalue weighted by molar-refractivity contribution is -0.142. The predicted octanol–water partition coefficient (Wildman–Crippen LogP) is 1.74. The van der Waals surface area contributed by atoms with Crippen LogP contribution in [-0.4, -0.2) is 47.8 Å². The van der Waals surface area contributed by atoms with Crippen LogP contribution in [0.25, 0.3) is 0 Å². The van der Waals surface area contributed by atoms with Crippen molar-refractivity contribution in [1.29, 1.82) is 0 Å². The van der Waals surface area contributed by atoms with Gasteiger partial charge in [-0.05, 0) is 37.5 Å². The normalized spacial score (nSPS) is 40.9. The van der Waals surface area contributed by atoms with Gasteiger partial charge in [0.2, 0.25) is 0 Å². The minimum absolute atomic E-state index is 0.237. The summed E-state index contributed by atoms with van der Waals surface area (Å²) in [5.74, 6) is 0.554. The van der Waals surface area contributed by atoms with Gasteiger partial charge < -0.3 is 9.84 Å². The smallest absolute Gasteiger partial charge is 0.320 e. The summed E-state index contributed by atoms with van der Waals surface area (Å²) in [6.45, 7) is 2.60. The molecular formula is C14H23NO3. The molecular weight excluding hydrogens is 230 g/mol. The molecule has 0 radical (unpaired) electrons. The third-order valence-electron chi connectivity index (χ3n) is 5.00. The predicted molar refractivity (Wildman–Crippen MR) is 67.4 cm³/mol. The molecule has 1 aliphatic carbocycles. The lowest BCUT2D eigenvalue weighted by Gasteiger charge is -2.34. The number of aliphatic carboxylic acids is 1.